The van der Waals surface area contributed by atoms with E-state index in [4.69, 9.17) is 20.9 Å². The first-order valence-electron chi connectivity index (χ1n) is 11.5. The predicted octanol–water partition coefficient (Wildman–Crippen LogP) is 4.15. The molecule has 1 fully saturated rings. The van der Waals surface area contributed by atoms with E-state index >= 15 is 0 Å². The normalized spacial score (nSPS) is 14.0. The molecule has 2 amide bonds. The van der Waals surface area contributed by atoms with E-state index < -0.39 is 33.5 Å². The topological polar surface area (TPSA) is 168 Å². The van der Waals surface area contributed by atoms with Crippen molar-refractivity contribution in [3.63, 3.8) is 0 Å². The summed E-state index contributed by atoms with van der Waals surface area (Å²) in [6, 6.07) is 3.87. The average molecular weight is 584 g/mol. The van der Waals surface area contributed by atoms with E-state index in [0.29, 0.717) is 40.2 Å². The van der Waals surface area contributed by atoms with Gasteiger partial charge in [0.15, 0.2) is 0 Å². The molecule has 1 aromatic carbocycles. The molecule has 0 unspecified atom stereocenters. The van der Waals surface area contributed by atoms with E-state index in [-0.39, 0.29) is 57.4 Å². The van der Waals surface area contributed by atoms with Gasteiger partial charge in [-0.3, -0.25) is 14.1 Å². The van der Waals surface area contributed by atoms with E-state index in [0.717, 1.165) is 11.3 Å². The number of fused-ring (bicyclic) bond motifs is 1. The minimum atomic E-state index is -4.60. The van der Waals surface area contributed by atoms with E-state index in [1.165, 1.54) is 18.2 Å². The van der Waals surface area contributed by atoms with E-state index in [1.807, 2.05) is 0 Å². The lowest BCUT2D eigenvalue weighted by molar-refractivity contribution is -0.197. The number of nitrogens with zero attached hydrogens (tertiary/aromatic N) is 1. The van der Waals surface area contributed by atoms with Crippen molar-refractivity contribution in [1.29, 1.82) is 0 Å². The van der Waals surface area contributed by atoms with Gasteiger partial charge in [-0.25, -0.2) is 9.59 Å². The molecule has 3 heterocycles. The van der Waals surface area contributed by atoms with Crippen LogP contribution >= 0.6 is 22.9 Å². The Morgan fingerprint density at radius 1 is 1.13 bits per heavy atom. The van der Waals surface area contributed by atoms with Crippen LogP contribution in [-0.2, 0) is 35.8 Å². The molecule has 0 spiro atoms. The Morgan fingerprint density at radius 2 is 1.82 bits per heavy atom. The van der Waals surface area contributed by atoms with Crippen LogP contribution in [0.2, 0.25) is 5.02 Å². The highest BCUT2D eigenvalue weighted by molar-refractivity contribution is 7.86. The van der Waals surface area contributed by atoms with Gasteiger partial charge in [-0.15, -0.1) is 16.4 Å². The number of thiophene rings is 1. The first-order chi connectivity index (χ1) is 17.9. The van der Waals surface area contributed by atoms with Gasteiger partial charge in [0, 0.05) is 40.5 Å². The maximum absolute atomic E-state index is 12.8. The molecule has 0 saturated carbocycles. The molecule has 202 valence electrons. The van der Waals surface area contributed by atoms with Gasteiger partial charge in [0.2, 0.25) is 0 Å². The van der Waals surface area contributed by atoms with Crippen molar-refractivity contribution >= 4 is 61.8 Å². The zero-order valence-corrected chi connectivity index (χ0v) is 22.4. The molecular weight excluding hydrogens is 562 g/mol. The molecule has 4 rings (SSSR count). The molecule has 14 heteroatoms. The minimum absolute atomic E-state index is 0.00299. The molecule has 0 atom stereocenters. The molecule has 0 bridgehead atoms. The largest absolute Gasteiger partial charge is 0.506 e. The van der Waals surface area contributed by atoms with Gasteiger partial charge < -0.3 is 14.4 Å². The van der Waals surface area contributed by atoms with Crippen LogP contribution in [0.1, 0.15) is 49.0 Å². The van der Waals surface area contributed by atoms with Gasteiger partial charge in [0.25, 0.3) is 21.9 Å². The quantitative estimate of drug-likeness (QED) is 0.161. The summed E-state index contributed by atoms with van der Waals surface area (Å²) in [5.41, 5.74) is -0.0720. The Kier molecular flexibility index (Phi) is 7.93. The Balaban J connectivity index is 1.48. The molecule has 2 N–H and O–H groups in total. The number of aromatic hydroxyl groups is 1. The third kappa shape index (κ3) is 5.75. The molecule has 38 heavy (non-hydrogen) atoms. The van der Waals surface area contributed by atoms with Gasteiger partial charge in [-0.05, 0) is 43.9 Å². The fourth-order valence-electron chi connectivity index (χ4n) is 4.11. The van der Waals surface area contributed by atoms with Gasteiger partial charge in [-0.1, -0.05) is 18.0 Å². The average Bonchev–Trinajstić information content (AvgIpc) is 3.39. The zero-order valence-electron chi connectivity index (χ0n) is 20.0. The van der Waals surface area contributed by atoms with Crippen LogP contribution in [0, 0.1) is 6.92 Å². The number of carbonyl (C=O) groups is 3. The fourth-order valence-corrected chi connectivity index (χ4v) is 6.63. The fraction of sp³-hybridized carbons (Fsp3) is 0.333. The number of imide groups is 1. The lowest BCUT2D eigenvalue weighted by atomic mass is 10.0. The highest BCUT2D eigenvalue weighted by Crippen LogP contribution is 2.38. The standard InChI is InChI=1S/C24H22ClNO10S2/c1-12-13-9-14(25)15(27)10-16(13)35-24(31)23(12)18-11-19(38(32,33)34)17(37-18)5-3-2-4-6-22(30)36-26-20(28)7-8-21(26)29/h9-11,27H,2-8H2,1H3,(H,32,33,34). The second-order valence-electron chi connectivity index (χ2n) is 8.67. The Morgan fingerprint density at radius 3 is 2.47 bits per heavy atom. The number of phenols is 1. The van der Waals surface area contributed by atoms with Gasteiger partial charge >= 0.3 is 11.6 Å². The monoisotopic (exact) mass is 583 g/mol. The van der Waals surface area contributed by atoms with Crippen molar-refractivity contribution in [2.75, 3.05) is 0 Å². The summed E-state index contributed by atoms with van der Waals surface area (Å²) in [5, 5.41) is 10.8. The number of amides is 2. The van der Waals surface area contributed by atoms with Crippen molar-refractivity contribution in [1.82, 2.24) is 5.06 Å². The number of hydroxylamine groups is 2. The smallest absolute Gasteiger partial charge is 0.345 e. The number of benzene rings is 1. The summed E-state index contributed by atoms with van der Waals surface area (Å²) in [6.45, 7) is 1.64. The molecule has 1 aliphatic heterocycles. The van der Waals surface area contributed by atoms with Crippen molar-refractivity contribution in [2.24, 2.45) is 0 Å². The van der Waals surface area contributed by atoms with Crippen LogP contribution in [-0.4, -0.2) is 40.9 Å². The number of hydrogen-bond donors (Lipinski definition) is 2. The molecule has 0 radical (unpaired) electrons. The SMILES string of the molecule is Cc1c(-c2cc(S(=O)(=O)O)c(CCCCCC(=O)ON3C(=O)CCC3=O)s2)c(=O)oc2cc(O)c(Cl)cc12. The third-order valence-electron chi connectivity index (χ3n) is 6.01. The summed E-state index contributed by atoms with van der Waals surface area (Å²) in [5.74, 6) is -2.11. The number of hydrogen-bond acceptors (Lipinski definition) is 10. The molecule has 11 nitrogen and oxygen atoms in total. The van der Waals surface area contributed by atoms with Gasteiger partial charge in [0.05, 0.1) is 10.6 Å². The number of phenolic OH excluding ortho intramolecular Hbond substituents is 1. The van der Waals surface area contributed by atoms with E-state index in [1.54, 1.807) is 6.92 Å². The summed E-state index contributed by atoms with van der Waals surface area (Å²) in [6.07, 6.45) is 1.47. The van der Waals surface area contributed by atoms with Crippen LogP contribution in [0.25, 0.3) is 21.4 Å². The van der Waals surface area contributed by atoms with E-state index in [2.05, 4.69) is 0 Å². The number of rotatable bonds is 9. The lowest BCUT2D eigenvalue weighted by Crippen LogP contribution is -2.31. The number of aryl methyl sites for hydroxylation is 2. The van der Waals surface area contributed by atoms with Crippen molar-refractivity contribution in [3.8, 4) is 16.2 Å². The summed E-state index contributed by atoms with van der Waals surface area (Å²) < 4.78 is 39.2. The highest BCUT2D eigenvalue weighted by Gasteiger charge is 2.32. The van der Waals surface area contributed by atoms with Crippen LogP contribution in [0.15, 0.2) is 32.3 Å². The zero-order chi connectivity index (χ0) is 27.8. The molecule has 1 aliphatic rings. The van der Waals surface area contributed by atoms with Crippen LogP contribution in [0.3, 0.4) is 0 Å². The maximum Gasteiger partial charge on any atom is 0.345 e. The number of halogens is 1. The third-order valence-corrected chi connectivity index (χ3v) is 8.58. The number of carbonyl (C=O) groups excluding carboxylic acids is 3. The summed E-state index contributed by atoms with van der Waals surface area (Å²) in [7, 11) is -4.60. The second-order valence-corrected chi connectivity index (χ2v) is 11.6. The lowest BCUT2D eigenvalue weighted by Gasteiger charge is -2.12. The molecule has 3 aromatic rings. The first-order valence-corrected chi connectivity index (χ1v) is 14.1. The Labute approximate surface area is 225 Å². The molecule has 2 aromatic heterocycles. The molecule has 0 aliphatic carbocycles. The summed E-state index contributed by atoms with van der Waals surface area (Å²) in [4.78, 5) is 52.8. The molecule has 1 saturated heterocycles. The Hall–Kier alpha value is -3.26. The van der Waals surface area contributed by atoms with Crippen molar-refractivity contribution < 1.29 is 41.7 Å². The number of unbranched alkanes of at least 4 members (excludes halogenated alkanes) is 2. The predicted molar refractivity (Wildman–Crippen MR) is 136 cm³/mol. The van der Waals surface area contributed by atoms with Crippen LogP contribution in [0.5, 0.6) is 5.75 Å². The summed E-state index contributed by atoms with van der Waals surface area (Å²) >= 11 is 7.02. The van der Waals surface area contributed by atoms with Gasteiger partial charge in [-0.2, -0.15) is 8.42 Å². The van der Waals surface area contributed by atoms with Crippen LogP contribution < -0.4 is 5.63 Å². The van der Waals surface area contributed by atoms with Crippen LogP contribution in [0.4, 0.5) is 0 Å². The van der Waals surface area contributed by atoms with Gasteiger partial charge in [0.1, 0.15) is 16.2 Å². The second kappa shape index (κ2) is 10.8. The Bertz CT molecular complexity index is 1610. The van der Waals surface area contributed by atoms with Crippen molar-refractivity contribution in [2.45, 2.75) is 56.8 Å². The minimum Gasteiger partial charge on any atom is -0.506 e. The van der Waals surface area contributed by atoms with E-state index in [9.17, 15) is 37.3 Å². The molecular formula is C24H22ClNO10S2. The maximum atomic E-state index is 12.8. The highest BCUT2D eigenvalue weighted by atomic mass is 35.5. The first kappa shape index (κ1) is 27.8. The van der Waals surface area contributed by atoms with Crippen molar-refractivity contribution in [3.05, 3.63) is 44.1 Å².